The summed E-state index contributed by atoms with van der Waals surface area (Å²) in [5.41, 5.74) is 0. The van der Waals surface area contributed by atoms with Crippen molar-refractivity contribution < 1.29 is 14.3 Å². The first-order chi connectivity index (χ1) is 10.6. The number of rotatable bonds is 9. The summed E-state index contributed by atoms with van der Waals surface area (Å²) in [7, 11) is 3.43. The largest absolute Gasteiger partial charge is 0.379 e. The summed E-state index contributed by atoms with van der Waals surface area (Å²) in [6, 6.07) is 0. The Morgan fingerprint density at radius 1 is 1.50 bits per heavy atom. The number of guanidine groups is 1. The minimum Gasteiger partial charge on any atom is -0.379 e. The van der Waals surface area contributed by atoms with Gasteiger partial charge in [0.1, 0.15) is 6.54 Å². The van der Waals surface area contributed by atoms with Gasteiger partial charge in [-0.3, -0.25) is 4.79 Å². The maximum Gasteiger partial charge on any atom is 0.243 e. The molecule has 0 aromatic carbocycles. The van der Waals surface area contributed by atoms with Crippen molar-refractivity contribution >= 4 is 11.9 Å². The molecule has 7 heteroatoms. The minimum absolute atomic E-state index is 0.0377. The van der Waals surface area contributed by atoms with Crippen LogP contribution in [-0.4, -0.2) is 76.4 Å². The molecule has 0 bridgehead atoms. The zero-order chi connectivity index (χ0) is 16.2. The third-order valence-corrected chi connectivity index (χ3v) is 3.14. The second-order valence-corrected chi connectivity index (χ2v) is 5.26. The van der Waals surface area contributed by atoms with Crippen LogP contribution in [0.25, 0.3) is 0 Å². The van der Waals surface area contributed by atoms with Gasteiger partial charge < -0.3 is 25.0 Å². The standard InChI is InChI=1S/C15H28N4O3/c1-4-7-16-15(18-11-14(20)19(2)3)17-8-5-9-22-13-6-10-21-12-13/h4,13H,1,5-12H2,2-3H3,(H2,16,17,18). The molecule has 0 saturated carbocycles. The molecule has 0 aromatic rings. The van der Waals surface area contributed by atoms with Crippen molar-refractivity contribution in [1.82, 2.24) is 15.5 Å². The van der Waals surface area contributed by atoms with Gasteiger partial charge in [0.25, 0.3) is 0 Å². The van der Waals surface area contributed by atoms with E-state index < -0.39 is 0 Å². The van der Waals surface area contributed by atoms with Crippen molar-refractivity contribution in [2.45, 2.75) is 18.9 Å². The van der Waals surface area contributed by atoms with Crippen LogP contribution < -0.4 is 10.6 Å². The molecule has 7 nitrogen and oxygen atoms in total. The lowest BCUT2D eigenvalue weighted by Gasteiger charge is -2.13. The van der Waals surface area contributed by atoms with Crippen LogP contribution in [0.1, 0.15) is 12.8 Å². The molecule has 126 valence electrons. The summed E-state index contributed by atoms with van der Waals surface area (Å²) in [5, 5.41) is 6.27. The van der Waals surface area contributed by atoms with Gasteiger partial charge in [-0.05, 0) is 12.8 Å². The lowest BCUT2D eigenvalue weighted by atomic mass is 10.3. The number of hydrogen-bond donors (Lipinski definition) is 2. The number of hydrogen-bond acceptors (Lipinski definition) is 4. The first-order valence-electron chi connectivity index (χ1n) is 7.66. The average molecular weight is 312 g/mol. The number of carbonyl (C=O) groups is 1. The summed E-state index contributed by atoms with van der Waals surface area (Å²) in [6.45, 7) is 7.29. The number of amides is 1. The Morgan fingerprint density at radius 2 is 2.32 bits per heavy atom. The Kier molecular flexibility index (Phi) is 9.25. The van der Waals surface area contributed by atoms with Gasteiger partial charge in [0, 0.05) is 40.4 Å². The van der Waals surface area contributed by atoms with Crippen LogP contribution in [0, 0.1) is 0 Å². The number of nitrogens with zero attached hydrogens (tertiary/aromatic N) is 2. The minimum atomic E-state index is -0.0377. The maximum atomic E-state index is 11.6. The second kappa shape index (κ2) is 11.0. The van der Waals surface area contributed by atoms with Crippen molar-refractivity contribution in [3.8, 4) is 0 Å². The summed E-state index contributed by atoms with van der Waals surface area (Å²) in [4.78, 5) is 17.3. The lowest BCUT2D eigenvalue weighted by Crippen LogP contribution is -2.39. The number of aliphatic imine (C=N–C) groups is 1. The van der Waals surface area contributed by atoms with Crippen molar-refractivity contribution in [3.05, 3.63) is 12.7 Å². The zero-order valence-electron chi connectivity index (χ0n) is 13.6. The highest BCUT2D eigenvalue weighted by atomic mass is 16.5. The van der Waals surface area contributed by atoms with Gasteiger partial charge in [-0.15, -0.1) is 6.58 Å². The van der Waals surface area contributed by atoms with E-state index in [1.165, 1.54) is 4.90 Å². The number of likely N-dealkylation sites (N-methyl/N-ethyl adjacent to an activating group) is 1. The fourth-order valence-corrected chi connectivity index (χ4v) is 1.80. The molecule has 1 aliphatic rings. The molecule has 0 aromatic heterocycles. The quantitative estimate of drug-likeness (QED) is 0.271. The Morgan fingerprint density at radius 3 is 2.95 bits per heavy atom. The van der Waals surface area contributed by atoms with E-state index in [0.717, 1.165) is 26.0 Å². The molecule has 1 aliphatic heterocycles. The third-order valence-electron chi connectivity index (χ3n) is 3.14. The van der Waals surface area contributed by atoms with Crippen molar-refractivity contribution in [2.75, 3.05) is 53.6 Å². The Labute approximate surface area is 132 Å². The summed E-state index contributed by atoms with van der Waals surface area (Å²) < 4.78 is 10.9. The van der Waals surface area contributed by atoms with Crippen LogP contribution in [0.2, 0.25) is 0 Å². The van der Waals surface area contributed by atoms with E-state index in [1.54, 1.807) is 20.2 Å². The third kappa shape index (κ3) is 7.99. The monoisotopic (exact) mass is 312 g/mol. The molecule has 1 saturated heterocycles. The molecule has 1 atom stereocenters. The predicted octanol–water partition coefficient (Wildman–Crippen LogP) is -0.00860. The molecule has 1 rings (SSSR count). The first kappa shape index (κ1) is 18.4. The fourth-order valence-electron chi connectivity index (χ4n) is 1.80. The smallest absolute Gasteiger partial charge is 0.243 e. The highest BCUT2D eigenvalue weighted by Gasteiger charge is 2.15. The van der Waals surface area contributed by atoms with Gasteiger partial charge in [0.2, 0.25) is 5.91 Å². The van der Waals surface area contributed by atoms with Gasteiger partial charge in [-0.1, -0.05) is 6.08 Å². The van der Waals surface area contributed by atoms with E-state index in [2.05, 4.69) is 22.2 Å². The Hall–Kier alpha value is -1.60. The topological polar surface area (TPSA) is 75.2 Å². The van der Waals surface area contributed by atoms with Gasteiger partial charge in [-0.2, -0.15) is 0 Å². The van der Waals surface area contributed by atoms with Crippen LogP contribution in [0.3, 0.4) is 0 Å². The van der Waals surface area contributed by atoms with Crippen molar-refractivity contribution in [3.63, 3.8) is 0 Å². The van der Waals surface area contributed by atoms with Gasteiger partial charge in [-0.25, -0.2) is 4.99 Å². The molecular weight excluding hydrogens is 284 g/mol. The van der Waals surface area contributed by atoms with E-state index >= 15 is 0 Å². The van der Waals surface area contributed by atoms with E-state index in [4.69, 9.17) is 9.47 Å². The molecule has 1 amide bonds. The van der Waals surface area contributed by atoms with E-state index in [9.17, 15) is 4.79 Å². The average Bonchev–Trinajstić information content (AvgIpc) is 3.01. The Bertz CT molecular complexity index is 366. The van der Waals surface area contributed by atoms with Crippen LogP contribution in [0.4, 0.5) is 0 Å². The van der Waals surface area contributed by atoms with E-state index in [-0.39, 0.29) is 18.6 Å². The predicted molar refractivity (Wildman–Crippen MR) is 87.0 cm³/mol. The van der Waals surface area contributed by atoms with Gasteiger partial charge >= 0.3 is 0 Å². The molecule has 22 heavy (non-hydrogen) atoms. The summed E-state index contributed by atoms with van der Waals surface area (Å²) in [6.07, 6.45) is 3.83. The lowest BCUT2D eigenvalue weighted by molar-refractivity contribution is -0.127. The van der Waals surface area contributed by atoms with E-state index in [0.29, 0.717) is 25.7 Å². The molecular formula is C15H28N4O3. The SMILES string of the molecule is C=CCNC(=NCC(=O)N(C)C)NCCCOC1CCOC1. The molecule has 1 heterocycles. The fraction of sp³-hybridized carbons (Fsp3) is 0.733. The maximum absolute atomic E-state index is 11.6. The Balaban J connectivity index is 2.22. The summed E-state index contributed by atoms with van der Waals surface area (Å²) >= 11 is 0. The number of nitrogens with one attached hydrogen (secondary N) is 2. The van der Waals surface area contributed by atoms with Gasteiger partial charge in [0.05, 0.1) is 12.7 Å². The zero-order valence-corrected chi connectivity index (χ0v) is 13.6. The first-order valence-corrected chi connectivity index (χ1v) is 7.66. The van der Waals surface area contributed by atoms with Crippen molar-refractivity contribution in [2.24, 2.45) is 4.99 Å². The van der Waals surface area contributed by atoms with Crippen LogP contribution in [0.15, 0.2) is 17.6 Å². The van der Waals surface area contributed by atoms with Gasteiger partial charge in [0.15, 0.2) is 5.96 Å². The molecule has 1 unspecified atom stereocenters. The van der Waals surface area contributed by atoms with Crippen molar-refractivity contribution in [1.29, 1.82) is 0 Å². The molecule has 2 N–H and O–H groups in total. The van der Waals surface area contributed by atoms with Crippen LogP contribution in [-0.2, 0) is 14.3 Å². The van der Waals surface area contributed by atoms with E-state index in [1.807, 2.05) is 0 Å². The highest BCUT2D eigenvalue weighted by Crippen LogP contribution is 2.07. The molecule has 0 spiro atoms. The summed E-state index contributed by atoms with van der Waals surface area (Å²) in [5.74, 6) is 0.573. The highest BCUT2D eigenvalue weighted by molar-refractivity contribution is 5.84. The molecule has 0 radical (unpaired) electrons. The number of carbonyl (C=O) groups excluding carboxylic acids is 1. The molecule has 1 fully saturated rings. The normalized spacial score (nSPS) is 18.1. The van der Waals surface area contributed by atoms with Crippen LogP contribution >= 0.6 is 0 Å². The number of ether oxygens (including phenoxy) is 2. The second-order valence-electron chi connectivity index (χ2n) is 5.26. The molecule has 0 aliphatic carbocycles. The van der Waals surface area contributed by atoms with Crippen LogP contribution in [0.5, 0.6) is 0 Å².